The molecule has 0 saturated heterocycles. The van der Waals surface area contributed by atoms with Crippen LogP contribution in [-0.4, -0.2) is 27.6 Å². The Balaban J connectivity index is 2.67. The van der Waals surface area contributed by atoms with Gasteiger partial charge in [-0.25, -0.2) is 9.78 Å². The van der Waals surface area contributed by atoms with Gasteiger partial charge in [0, 0.05) is 6.20 Å². The number of hydrogen-bond acceptors (Lipinski definition) is 4. The highest BCUT2D eigenvalue weighted by Gasteiger charge is 2.26. The van der Waals surface area contributed by atoms with Gasteiger partial charge in [-0.1, -0.05) is 6.92 Å². The predicted molar refractivity (Wildman–Crippen MR) is 73.1 cm³/mol. The smallest absolute Gasteiger partial charge is 0.328 e. The van der Waals surface area contributed by atoms with Crippen molar-refractivity contribution in [3.05, 3.63) is 24.3 Å². The Labute approximate surface area is 116 Å². The molecule has 0 bridgehead atoms. The average molecular weight is 282 g/mol. The minimum atomic E-state index is -0.423. The molecule has 2 rings (SSSR count). The van der Waals surface area contributed by atoms with Crippen LogP contribution in [0.3, 0.4) is 0 Å². The van der Waals surface area contributed by atoms with Crippen molar-refractivity contribution in [1.29, 1.82) is 0 Å². The Morgan fingerprint density at radius 3 is 2.89 bits per heavy atom. The van der Waals surface area contributed by atoms with E-state index in [9.17, 15) is 4.79 Å². The molecule has 6 heteroatoms. The molecule has 0 amide bonds. The summed E-state index contributed by atoms with van der Waals surface area (Å²) in [5, 5.41) is -0.300. The van der Waals surface area contributed by atoms with E-state index in [1.54, 1.807) is 12.4 Å². The first-order chi connectivity index (χ1) is 9.10. The lowest BCUT2D eigenvalue weighted by atomic mass is 10.2. The molecule has 2 heterocycles. The van der Waals surface area contributed by atoms with Gasteiger partial charge in [-0.2, -0.15) is 0 Å². The molecule has 5 nitrogen and oxygen atoms in total. The molecule has 2 unspecified atom stereocenters. The molecule has 0 aliphatic heterocycles. The van der Waals surface area contributed by atoms with Gasteiger partial charge in [-0.15, -0.1) is 11.6 Å². The molecule has 2 aromatic rings. The standard InChI is InChI=1S/C13H16ClN3O2/c1-4-10(13(18)19-3)17-11-5-6-15-7-9(11)16-12(17)8(2)14/h5-8,10H,4H2,1-3H3. The van der Waals surface area contributed by atoms with E-state index < -0.39 is 6.04 Å². The zero-order valence-electron chi connectivity index (χ0n) is 11.1. The minimum Gasteiger partial charge on any atom is -0.467 e. The van der Waals surface area contributed by atoms with E-state index in [0.29, 0.717) is 12.2 Å². The van der Waals surface area contributed by atoms with Gasteiger partial charge in [0.1, 0.15) is 17.4 Å². The first kappa shape index (κ1) is 13.8. The van der Waals surface area contributed by atoms with Gasteiger partial charge in [0.25, 0.3) is 0 Å². The van der Waals surface area contributed by atoms with Crippen molar-refractivity contribution < 1.29 is 9.53 Å². The minimum absolute atomic E-state index is 0.294. The third-order valence-electron chi connectivity index (χ3n) is 3.05. The van der Waals surface area contributed by atoms with Crippen LogP contribution in [0.25, 0.3) is 11.0 Å². The number of pyridine rings is 1. The zero-order chi connectivity index (χ0) is 14.0. The Kier molecular flexibility index (Phi) is 4.04. The van der Waals surface area contributed by atoms with E-state index in [2.05, 4.69) is 9.97 Å². The van der Waals surface area contributed by atoms with E-state index in [4.69, 9.17) is 16.3 Å². The van der Waals surface area contributed by atoms with Crippen molar-refractivity contribution in [1.82, 2.24) is 14.5 Å². The fourth-order valence-electron chi connectivity index (χ4n) is 2.17. The number of halogens is 1. The van der Waals surface area contributed by atoms with Gasteiger partial charge >= 0.3 is 5.97 Å². The second-order valence-electron chi connectivity index (χ2n) is 4.27. The van der Waals surface area contributed by atoms with Crippen LogP contribution in [0.5, 0.6) is 0 Å². The number of nitrogens with zero attached hydrogens (tertiary/aromatic N) is 3. The summed E-state index contributed by atoms with van der Waals surface area (Å²) in [7, 11) is 1.38. The molecule has 0 aliphatic rings. The van der Waals surface area contributed by atoms with Crippen LogP contribution in [0.2, 0.25) is 0 Å². The van der Waals surface area contributed by atoms with Gasteiger partial charge < -0.3 is 9.30 Å². The molecular formula is C13H16ClN3O2. The summed E-state index contributed by atoms with van der Waals surface area (Å²) in [5.41, 5.74) is 1.57. The molecule has 19 heavy (non-hydrogen) atoms. The maximum Gasteiger partial charge on any atom is 0.328 e. The molecule has 102 valence electrons. The SMILES string of the molecule is CCC(C(=O)OC)n1c(C(C)Cl)nc2cnccc21. The van der Waals surface area contributed by atoms with Crippen LogP contribution < -0.4 is 0 Å². The number of hydrogen-bond donors (Lipinski definition) is 0. The topological polar surface area (TPSA) is 57.0 Å². The summed E-state index contributed by atoms with van der Waals surface area (Å²) in [6.07, 6.45) is 3.95. The summed E-state index contributed by atoms with van der Waals surface area (Å²) < 4.78 is 6.71. The molecule has 2 aromatic heterocycles. The highest BCUT2D eigenvalue weighted by Crippen LogP contribution is 2.29. The number of ether oxygens (including phenoxy) is 1. The van der Waals surface area contributed by atoms with Gasteiger partial charge in [-0.3, -0.25) is 4.98 Å². The maximum absolute atomic E-state index is 11.9. The Bertz CT molecular complexity index is 595. The fourth-order valence-corrected chi connectivity index (χ4v) is 2.32. The van der Waals surface area contributed by atoms with E-state index >= 15 is 0 Å². The third-order valence-corrected chi connectivity index (χ3v) is 3.24. The molecule has 0 spiro atoms. The molecular weight excluding hydrogens is 266 g/mol. The van der Waals surface area contributed by atoms with E-state index in [-0.39, 0.29) is 11.3 Å². The second-order valence-corrected chi connectivity index (χ2v) is 4.92. The van der Waals surface area contributed by atoms with Crippen molar-refractivity contribution >= 4 is 28.6 Å². The Hall–Kier alpha value is -1.62. The first-order valence-corrected chi connectivity index (χ1v) is 6.57. The van der Waals surface area contributed by atoms with Crippen LogP contribution in [-0.2, 0) is 9.53 Å². The van der Waals surface area contributed by atoms with Gasteiger partial charge in [0.05, 0.1) is 24.2 Å². The number of alkyl halides is 1. The highest BCUT2D eigenvalue weighted by atomic mass is 35.5. The lowest BCUT2D eigenvalue weighted by molar-refractivity contribution is -0.144. The van der Waals surface area contributed by atoms with Crippen molar-refractivity contribution in [3.8, 4) is 0 Å². The van der Waals surface area contributed by atoms with E-state index in [0.717, 1.165) is 11.0 Å². The fraction of sp³-hybridized carbons (Fsp3) is 0.462. The summed E-state index contributed by atoms with van der Waals surface area (Å²) in [6.45, 7) is 3.76. The summed E-state index contributed by atoms with van der Waals surface area (Å²) in [6, 6.07) is 1.41. The first-order valence-electron chi connectivity index (χ1n) is 6.13. The average Bonchev–Trinajstić information content (AvgIpc) is 2.79. The molecule has 2 atom stereocenters. The molecule has 0 aliphatic carbocycles. The third kappa shape index (κ3) is 2.42. The van der Waals surface area contributed by atoms with Crippen LogP contribution in [0.4, 0.5) is 0 Å². The summed E-state index contributed by atoms with van der Waals surface area (Å²) in [4.78, 5) is 20.4. The van der Waals surface area contributed by atoms with Crippen LogP contribution in [0.15, 0.2) is 18.5 Å². The number of aromatic nitrogens is 3. The predicted octanol–water partition coefficient (Wildman–Crippen LogP) is 2.86. The number of carbonyl (C=O) groups excluding carboxylic acids is 1. The molecule has 0 fully saturated rings. The van der Waals surface area contributed by atoms with Gasteiger partial charge in [0.2, 0.25) is 0 Å². The Morgan fingerprint density at radius 1 is 1.58 bits per heavy atom. The van der Waals surface area contributed by atoms with Gasteiger partial charge in [0.15, 0.2) is 0 Å². The largest absolute Gasteiger partial charge is 0.467 e. The zero-order valence-corrected chi connectivity index (χ0v) is 11.9. The van der Waals surface area contributed by atoms with Crippen molar-refractivity contribution in [2.24, 2.45) is 0 Å². The number of fused-ring (bicyclic) bond motifs is 1. The number of carbonyl (C=O) groups is 1. The Morgan fingerprint density at radius 2 is 2.32 bits per heavy atom. The monoisotopic (exact) mass is 281 g/mol. The lowest BCUT2D eigenvalue weighted by Gasteiger charge is -2.18. The summed E-state index contributed by atoms with van der Waals surface area (Å²) in [5.74, 6) is 0.360. The second kappa shape index (κ2) is 5.57. The number of methoxy groups -OCH3 is 1. The van der Waals surface area contributed by atoms with E-state index in [1.165, 1.54) is 7.11 Å². The van der Waals surface area contributed by atoms with Crippen LogP contribution in [0.1, 0.15) is 37.5 Å². The molecule has 0 saturated carbocycles. The van der Waals surface area contributed by atoms with Crippen molar-refractivity contribution in [3.63, 3.8) is 0 Å². The molecule has 0 radical (unpaired) electrons. The normalized spacial score (nSPS) is 14.3. The number of rotatable bonds is 4. The number of esters is 1. The molecule has 0 aromatic carbocycles. The van der Waals surface area contributed by atoms with Crippen LogP contribution >= 0.6 is 11.6 Å². The van der Waals surface area contributed by atoms with Gasteiger partial charge in [-0.05, 0) is 19.4 Å². The summed E-state index contributed by atoms with van der Waals surface area (Å²) >= 11 is 6.17. The lowest BCUT2D eigenvalue weighted by Crippen LogP contribution is -2.22. The van der Waals surface area contributed by atoms with Crippen LogP contribution in [0, 0.1) is 0 Å². The molecule has 0 N–H and O–H groups in total. The maximum atomic E-state index is 11.9. The number of imidazole rings is 1. The quantitative estimate of drug-likeness (QED) is 0.639. The van der Waals surface area contributed by atoms with E-state index in [1.807, 2.05) is 24.5 Å². The highest BCUT2D eigenvalue weighted by molar-refractivity contribution is 6.20. The van der Waals surface area contributed by atoms with Crippen molar-refractivity contribution in [2.45, 2.75) is 31.7 Å². The van der Waals surface area contributed by atoms with Crippen molar-refractivity contribution in [2.75, 3.05) is 7.11 Å².